The van der Waals surface area contributed by atoms with E-state index in [1.165, 1.54) is 17.0 Å². The molecule has 1 saturated carbocycles. The first kappa shape index (κ1) is 28.6. The molecule has 0 heterocycles. The molecule has 1 aliphatic rings. The molecule has 2 amide bonds. The van der Waals surface area contributed by atoms with E-state index in [1.54, 1.807) is 31.2 Å². The molecular formula is C28H38FN3O4S. The lowest BCUT2D eigenvalue weighted by atomic mass is 9.95. The lowest BCUT2D eigenvalue weighted by molar-refractivity contribution is -0.139. The standard InChI is InChI=1S/C28H38FN3O4S/c1-20(2)25-12-8-9-13-26(25)32(37(4,35)36)19-27(33)31(18-22-14-16-23(29)17-15-22)21(3)28(34)30-24-10-6-5-7-11-24/h8-9,12-17,20-21,24H,5-7,10-11,18-19H2,1-4H3,(H,30,34)/t21-/m1/s1. The second-order valence-electron chi connectivity index (χ2n) is 10.2. The number of amides is 2. The zero-order chi connectivity index (χ0) is 27.2. The van der Waals surface area contributed by atoms with Gasteiger partial charge in [-0.05, 0) is 55.0 Å². The number of hydrogen-bond donors (Lipinski definition) is 1. The minimum Gasteiger partial charge on any atom is -0.352 e. The van der Waals surface area contributed by atoms with Crippen molar-refractivity contribution in [1.82, 2.24) is 10.2 Å². The lowest BCUT2D eigenvalue weighted by Crippen LogP contribution is -2.53. The predicted octanol–water partition coefficient (Wildman–Crippen LogP) is 4.58. The van der Waals surface area contributed by atoms with Crippen LogP contribution in [-0.2, 0) is 26.2 Å². The van der Waals surface area contributed by atoms with Crippen molar-refractivity contribution in [3.8, 4) is 0 Å². The molecule has 0 unspecified atom stereocenters. The molecule has 1 N–H and O–H groups in total. The highest BCUT2D eigenvalue weighted by molar-refractivity contribution is 7.92. The first-order valence-electron chi connectivity index (χ1n) is 12.9. The Kier molecular flexibility index (Phi) is 9.70. The molecule has 3 rings (SSSR count). The van der Waals surface area contributed by atoms with Crippen LogP contribution in [0.5, 0.6) is 0 Å². The summed E-state index contributed by atoms with van der Waals surface area (Å²) >= 11 is 0. The molecule has 1 fully saturated rings. The quantitative estimate of drug-likeness (QED) is 0.486. The second kappa shape index (κ2) is 12.5. The van der Waals surface area contributed by atoms with Gasteiger partial charge in [0.2, 0.25) is 21.8 Å². The van der Waals surface area contributed by atoms with E-state index in [0.29, 0.717) is 11.3 Å². The van der Waals surface area contributed by atoms with Gasteiger partial charge in [0, 0.05) is 12.6 Å². The second-order valence-corrected chi connectivity index (χ2v) is 12.1. The van der Waals surface area contributed by atoms with Gasteiger partial charge in [0.05, 0.1) is 11.9 Å². The van der Waals surface area contributed by atoms with Gasteiger partial charge >= 0.3 is 0 Å². The number of sulfonamides is 1. The Morgan fingerprint density at radius 3 is 2.22 bits per heavy atom. The topological polar surface area (TPSA) is 86.8 Å². The first-order valence-corrected chi connectivity index (χ1v) is 14.7. The van der Waals surface area contributed by atoms with Crippen molar-refractivity contribution in [3.05, 3.63) is 65.5 Å². The van der Waals surface area contributed by atoms with Gasteiger partial charge in [-0.15, -0.1) is 0 Å². The number of anilines is 1. The molecule has 1 aliphatic carbocycles. The Hall–Kier alpha value is -2.94. The van der Waals surface area contributed by atoms with Crippen LogP contribution in [0.1, 0.15) is 69.9 Å². The fourth-order valence-corrected chi connectivity index (χ4v) is 5.60. The molecule has 0 aliphatic heterocycles. The Labute approximate surface area is 220 Å². The fourth-order valence-electron chi connectivity index (χ4n) is 4.74. The third-order valence-electron chi connectivity index (χ3n) is 6.89. The van der Waals surface area contributed by atoms with E-state index < -0.39 is 34.3 Å². The summed E-state index contributed by atoms with van der Waals surface area (Å²) in [6.07, 6.45) is 6.12. The summed E-state index contributed by atoms with van der Waals surface area (Å²) in [5.74, 6) is -1.17. The van der Waals surface area contributed by atoms with Crippen LogP contribution in [0.2, 0.25) is 0 Å². The van der Waals surface area contributed by atoms with Crippen molar-refractivity contribution in [3.63, 3.8) is 0 Å². The van der Waals surface area contributed by atoms with Crippen LogP contribution in [0, 0.1) is 5.82 Å². The summed E-state index contributed by atoms with van der Waals surface area (Å²) in [7, 11) is -3.81. The SMILES string of the molecule is CC(C)c1ccccc1N(CC(=O)N(Cc1ccc(F)cc1)[C@H](C)C(=O)NC1CCCCC1)S(C)(=O)=O. The van der Waals surface area contributed by atoms with E-state index in [0.717, 1.165) is 48.2 Å². The summed E-state index contributed by atoms with van der Waals surface area (Å²) in [5.41, 5.74) is 1.88. The van der Waals surface area contributed by atoms with Crippen LogP contribution >= 0.6 is 0 Å². The van der Waals surface area contributed by atoms with Crippen LogP contribution in [0.25, 0.3) is 0 Å². The summed E-state index contributed by atoms with van der Waals surface area (Å²) in [6.45, 7) is 5.15. The summed E-state index contributed by atoms with van der Waals surface area (Å²) < 4.78 is 40.3. The molecule has 0 bridgehead atoms. The minimum atomic E-state index is -3.81. The number of rotatable bonds is 10. The molecule has 202 valence electrons. The number of nitrogens with zero attached hydrogens (tertiary/aromatic N) is 2. The Morgan fingerprint density at radius 2 is 1.62 bits per heavy atom. The molecular weight excluding hydrogens is 493 g/mol. The monoisotopic (exact) mass is 531 g/mol. The molecule has 2 aromatic carbocycles. The van der Waals surface area contributed by atoms with Crippen molar-refractivity contribution in [1.29, 1.82) is 0 Å². The van der Waals surface area contributed by atoms with Crippen LogP contribution < -0.4 is 9.62 Å². The van der Waals surface area contributed by atoms with Crippen molar-refractivity contribution in [2.45, 2.75) is 77.4 Å². The summed E-state index contributed by atoms with van der Waals surface area (Å²) in [6, 6.07) is 12.0. The van der Waals surface area contributed by atoms with Gasteiger partial charge in [-0.3, -0.25) is 13.9 Å². The van der Waals surface area contributed by atoms with Crippen LogP contribution in [0.4, 0.5) is 10.1 Å². The van der Waals surface area contributed by atoms with Crippen LogP contribution in [0.15, 0.2) is 48.5 Å². The van der Waals surface area contributed by atoms with E-state index in [4.69, 9.17) is 0 Å². The van der Waals surface area contributed by atoms with E-state index >= 15 is 0 Å². The van der Waals surface area contributed by atoms with Gasteiger partial charge < -0.3 is 10.2 Å². The smallest absolute Gasteiger partial charge is 0.244 e. The zero-order valence-corrected chi connectivity index (χ0v) is 22.9. The van der Waals surface area contributed by atoms with Crippen LogP contribution in [0.3, 0.4) is 0 Å². The molecule has 1 atom stereocenters. The molecule has 0 saturated heterocycles. The molecule has 0 aromatic heterocycles. The highest BCUT2D eigenvalue weighted by atomic mass is 32.2. The lowest BCUT2D eigenvalue weighted by Gasteiger charge is -2.33. The van der Waals surface area contributed by atoms with E-state index in [1.807, 2.05) is 26.0 Å². The number of carbonyl (C=O) groups is 2. The average molecular weight is 532 g/mol. The maximum atomic E-state index is 13.7. The van der Waals surface area contributed by atoms with Crippen molar-refractivity contribution >= 4 is 27.5 Å². The molecule has 7 nitrogen and oxygen atoms in total. The maximum Gasteiger partial charge on any atom is 0.244 e. The first-order chi connectivity index (χ1) is 17.5. The Balaban J connectivity index is 1.91. The van der Waals surface area contributed by atoms with Crippen molar-refractivity contribution < 1.29 is 22.4 Å². The van der Waals surface area contributed by atoms with E-state index in [-0.39, 0.29) is 24.4 Å². The van der Waals surface area contributed by atoms with Gasteiger partial charge in [0.1, 0.15) is 18.4 Å². The van der Waals surface area contributed by atoms with Crippen LogP contribution in [-0.4, -0.2) is 50.0 Å². The number of carbonyl (C=O) groups excluding carboxylic acids is 2. The highest BCUT2D eigenvalue weighted by Gasteiger charge is 2.32. The van der Waals surface area contributed by atoms with Crippen molar-refractivity contribution in [2.75, 3.05) is 17.1 Å². The largest absolute Gasteiger partial charge is 0.352 e. The summed E-state index contributed by atoms with van der Waals surface area (Å²) in [4.78, 5) is 28.3. The molecule has 0 spiro atoms. The highest BCUT2D eigenvalue weighted by Crippen LogP contribution is 2.29. The fraction of sp³-hybridized carbons (Fsp3) is 0.500. The van der Waals surface area contributed by atoms with Gasteiger partial charge in [0.25, 0.3) is 0 Å². The minimum absolute atomic E-state index is 0.0334. The van der Waals surface area contributed by atoms with Gasteiger partial charge in [0.15, 0.2) is 0 Å². The molecule has 37 heavy (non-hydrogen) atoms. The number of benzene rings is 2. The Bertz CT molecular complexity index is 1180. The molecule has 2 aromatic rings. The number of halogens is 1. The van der Waals surface area contributed by atoms with E-state index in [2.05, 4.69) is 5.32 Å². The molecule has 0 radical (unpaired) electrons. The van der Waals surface area contributed by atoms with Gasteiger partial charge in [-0.25, -0.2) is 12.8 Å². The predicted molar refractivity (Wildman–Crippen MR) is 144 cm³/mol. The average Bonchev–Trinajstić information content (AvgIpc) is 2.86. The maximum absolute atomic E-state index is 13.7. The third kappa shape index (κ3) is 7.77. The van der Waals surface area contributed by atoms with Gasteiger partial charge in [-0.1, -0.05) is 63.4 Å². The van der Waals surface area contributed by atoms with E-state index in [9.17, 15) is 22.4 Å². The number of hydrogen-bond acceptors (Lipinski definition) is 4. The summed E-state index contributed by atoms with van der Waals surface area (Å²) in [5, 5.41) is 3.06. The Morgan fingerprint density at radius 1 is 1.00 bits per heavy atom. The normalized spacial score (nSPS) is 15.3. The third-order valence-corrected chi connectivity index (χ3v) is 8.02. The number of para-hydroxylation sites is 1. The number of nitrogens with one attached hydrogen (secondary N) is 1. The molecule has 9 heteroatoms. The zero-order valence-electron chi connectivity index (χ0n) is 22.1. The van der Waals surface area contributed by atoms with Crippen molar-refractivity contribution in [2.24, 2.45) is 0 Å². The van der Waals surface area contributed by atoms with Gasteiger partial charge in [-0.2, -0.15) is 0 Å².